The van der Waals surface area contributed by atoms with Gasteiger partial charge in [0, 0.05) is 16.8 Å². The van der Waals surface area contributed by atoms with Crippen LogP contribution in [-0.2, 0) is 0 Å². The van der Waals surface area contributed by atoms with Gasteiger partial charge in [-0.25, -0.2) is 0 Å². The van der Waals surface area contributed by atoms with Crippen LogP contribution >= 0.6 is 0 Å². The predicted octanol–water partition coefficient (Wildman–Crippen LogP) is 5.01. The fourth-order valence-corrected chi connectivity index (χ4v) is 3.22. The van der Waals surface area contributed by atoms with Crippen molar-refractivity contribution in [2.75, 3.05) is 38.1 Å². The Kier molecular flexibility index (Phi) is 8.34. The largest absolute Gasteiger partial charge is 0.497 e. The van der Waals surface area contributed by atoms with Gasteiger partial charge in [0.25, 0.3) is 11.8 Å². The molecule has 0 unspecified atom stereocenters. The average Bonchev–Trinajstić information content (AvgIpc) is 2.85. The van der Waals surface area contributed by atoms with Crippen LogP contribution in [0.3, 0.4) is 0 Å². The topological polar surface area (TPSA) is 95.1 Å². The van der Waals surface area contributed by atoms with Crippen LogP contribution in [0.2, 0.25) is 0 Å². The molecule has 0 aliphatic rings. The summed E-state index contributed by atoms with van der Waals surface area (Å²) in [6, 6.07) is 16.7. The molecule has 0 aliphatic carbocycles. The maximum atomic E-state index is 12.9. The number of methoxy groups -OCH3 is 2. The van der Waals surface area contributed by atoms with Crippen molar-refractivity contribution in [1.29, 1.82) is 0 Å². The molecule has 178 valence electrons. The third-order valence-electron chi connectivity index (χ3n) is 4.86. The fraction of sp³-hybridized carbons (Fsp3) is 0.231. The minimum atomic E-state index is -0.332. The molecular formula is C26H28N2O6. The molecule has 2 amide bonds. The summed E-state index contributed by atoms with van der Waals surface area (Å²) in [5.41, 5.74) is 1.77. The van der Waals surface area contributed by atoms with Crippen molar-refractivity contribution in [2.24, 2.45) is 0 Å². The molecule has 3 aromatic rings. The first-order valence-electron chi connectivity index (χ1n) is 10.8. The van der Waals surface area contributed by atoms with Gasteiger partial charge >= 0.3 is 0 Å². The molecule has 8 nitrogen and oxygen atoms in total. The van der Waals surface area contributed by atoms with Gasteiger partial charge in [-0.3, -0.25) is 9.59 Å². The fourth-order valence-electron chi connectivity index (χ4n) is 3.22. The number of benzene rings is 3. The lowest BCUT2D eigenvalue weighted by atomic mass is 10.1. The normalized spacial score (nSPS) is 10.2. The van der Waals surface area contributed by atoms with Crippen LogP contribution in [0, 0.1) is 0 Å². The number of nitrogens with one attached hydrogen (secondary N) is 2. The highest BCUT2D eigenvalue weighted by molar-refractivity contribution is 6.07. The van der Waals surface area contributed by atoms with Crippen LogP contribution in [0.25, 0.3) is 0 Å². The lowest BCUT2D eigenvalue weighted by Crippen LogP contribution is -2.15. The Morgan fingerprint density at radius 1 is 0.676 bits per heavy atom. The number of anilines is 2. The maximum Gasteiger partial charge on any atom is 0.255 e. The van der Waals surface area contributed by atoms with Crippen molar-refractivity contribution >= 4 is 23.2 Å². The molecule has 0 spiro atoms. The van der Waals surface area contributed by atoms with Gasteiger partial charge in [0.05, 0.1) is 33.1 Å². The Labute approximate surface area is 198 Å². The molecule has 0 heterocycles. The Balaban J connectivity index is 1.79. The summed E-state index contributed by atoms with van der Waals surface area (Å²) >= 11 is 0. The van der Waals surface area contributed by atoms with Gasteiger partial charge in [-0.15, -0.1) is 0 Å². The third kappa shape index (κ3) is 5.98. The second-order valence-corrected chi connectivity index (χ2v) is 7.08. The summed E-state index contributed by atoms with van der Waals surface area (Å²) in [7, 11) is 3.07. The molecular weight excluding hydrogens is 436 g/mol. The van der Waals surface area contributed by atoms with Crippen LogP contribution < -0.4 is 29.6 Å². The van der Waals surface area contributed by atoms with E-state index in [0.717, 1.165) is 0 Å². The van der Waals surface area contributed by atoms with Crippen LogP contribution in [0.5, 0.6) is 23.0 Å². The van der Waals surface area contributed by atoms with E-state index >= 15 is 0 Å². The van der Waals surface area contributed by atoms with Crippen LogP contribution in [0.4, 0.5) is 11.4 Å². The van der Waals surface area contributed by atoms with E-state index < -0.39 is 0 Å². The molecule has 34 heavy (non-hydrogen) atoms. The average molecular weight is 465 g/mol. The first kappa shape index (κ1) is 24.4. The van der Waals surface area contributed by atoms with E-state index in [0.29, 0.717) is 58.7 Å². The lowest BCUT2D eigenvalue weighted by Gasteiger charge is -2.14. The maximum absolute atomic E-state index is 12.9. The summed E-state index contributed by atoms with van der Waals surface area (Å²) in [6.07, 6.45) is 0. The molecule has 0 aliphatic heterocycles. The Bertz CT molecular complexity index is 1140. The second kappa shape index (κ2) is 11.6. The zero-order chi connectivity index (χ0) is 24.5. The number of carbonyl (C=O) groups is 2. The Morgan fingerprint density at radius 3 is 1.94 bits per heavy atom. The molecule has 3 rings (SSSR count). The molecule has 0 atom stereocenters. The molecule has 0 saturated carbocycles. The zero-order valence-corrected chi connectivity index (χ0v) is 19.6. The summed E-state index contributed by atoms with van der Waals surface area (Å²) in [6.45, 7) is 4.68. The first-order chi connectivity index (χ1) is 16.5. The zero-order valence-electron chi connectivity index (χ0n) is 19.6. The summed E-state index contributed by atoms with van der Waals surface area (Å²) in [4.78, 5) is 25.6. The summed E-state index contributed by atoms with van der Waals surface area (Å²) < 4.78 is 21.6. The van der Waals surface area contributed by atoms with E-state index in [9.17, 15) is 9.59 Å². The Hall–Kier alpha value is -4.20. The smallest absolute Gasteiger partial charge is 0.255 e. The summed E-state index contributed by atoms with van der Waals surface area (Å²) in [5, 5.41) is 5.66. The van der Waals surface area contributed by atoms with Crippen molar-refractivity contribution < 1.29 is 28.5 Å². The van der Waals surface area contributed by atoms with Gasteiger partial charge in [-0.2, -0.15) is 0 Å². The minimum absolute atomic E-state index is 0.322. The lowest BCUT2D eigenvalue weighted by molar-refractivity contribution is 0.101. The summed E-state index contributed by atoms with van der Waals surface area (Å²) in [5.74, 6) is 1.53. The molecule has 0 fully saturated rings. The van der Waals surface area contributed by atoms with Gasteiger partial charge in [0.15, 0.2) is 11.5 Å². The Morgan fingerprint density at radius 2 is 1.29 bits per heavy atom. The first-order valence-corrected chi connectivity index (χ1v) is 10.8. The molecule has 0 aromatic heterocycles. The number of rotatable bonds is 10. The highest BCUT2D eigenvalue weighted by Gasteiger charge is 2.15. The number of hydrogen-bond donors (Lipinski definition) is 2. The van der Waals surface area contributed by atoms with Crippen LogP contribution in [-0.4, -0.2) is 39.2 Å². The van der Waals surface area contributed by atoms with Crippen LogP contribution in [0.15, 0.2) is 60.7 Å². The van der Waals surface area contributed by atoms with Gasteiger partial charge in [0.2, 0.25) is 0 Å². The third-order valence-corrected chi connectivity index (χ3v) is 4.86. The van der Waals surface area contributed by atoms with Gasteiger partial charge in [-0.1, -0.05) is 0 Å². The SMILES string of the molecule is CCOc1ccc(C(=O)Nc2ccc(OC)c(NC(=O)c3ccc(OC)cc3)c2)cc1OCC. The van der Waals surface area contributed by atoms with E-state index in [1.165, 1.54) is 7.11 Å². The van der Waals surface area contributed by atoms with Crippen molar-refractivity contribution in [1.82, 2.24) is 0 Å². The van der Waals surface area contributed by atoms with E-state index in [-0.39, 0.29) is 11.8 Å². The highest BCUT2D eigenvalue weighted by atomic mass is 16.5. The monoisotopic (exact) mass is 464 g/mol. The number of carbonyl (C=O) groups excluding carboxylic acids is 2. The van der Waals surface area contributed by atoms with Crippen molar-refractivity contribution in [3.63, 3.8) is 0 Å². The van der Waals surface area contributed by atoms with Crippen molar-refractivity contribution in [3.05, 3.63) is 71.8 Å². The molecule has 0 saturated heterocycles. The molecule has 0 radical (unpaired) electrons. The van der Waals surface area contributed by atoms with Crippen molar-refractivity contribution in [3.8, 4) is 23.0 Å². The second-order valence-electron chi connectivity index (χ2n) is 7.08. The van der Waals surface area contributed by atoms with Gasteiger partial charge in [-0.05, 0) is 74.5 Å². The quantitative estimate of drug-likeness (QED) is 0.438. The van der Waals surface area contributed by atoms with E-state index in [1.54, 1.807) is 67.8 Å². The number of hydrogen-bond acceptors (Lipinski definition) is 6. The van der Waals surface area contributed by atoms with Crippen molar-refractivity contribution in [2.45, 2.75) is 13.8 Å². The molecule has 8 heteroatoms. The van der Waals surface area contributed by atoms with E-state index in [2.05, 4.69) is 10.6 Å². The molecule has 0 bridgehead atoms. The highest BCUT2D eigenvalue weighted by Crippen LogP contribution is 2.31. The van der Waals surface area contributed by atoms with E-state index in [1.807, 2.05) is 13.8 Å². The molecule has 3 aromatic carbocycles. The number of amides is 2. The predicted molar refractivity (Wildman–Crippen MR) is 131 cm³/mol. The van der Waals surface area contributed by atoms with Crippen LogP contribution in [0.1, 0.15) is 34.6 Å². The number of ether oxygens (including phenoxy) is 4. The van der Waals surface area contributed by atoms with Gasteiger partial charge < -0.3 is 29.6 Å². The standard InChI is InChI=1S/C26H28N2O6/c1-5-33-23-13-9-18(15-24(23)34-6-2)26(30)27-19-10-14-22(32-4)21(16-19)28-25(29)17-7-11-20(31-3)12-8-17/h7-16H,5-6H2,1-4H3,(H,27,30)(H,28,29). The molecule has 2 N–H and O–H groups in total. The van der Waals surface area contributed by atoms with E-state index in [4.69, 9.17) is 18.9 Å². The van der Waals surface area contributed by atoms with Gasteiger partial charge in [0.1, 0.15) is 11.5 Å². The minimum Gasteiger partial charge on any atom is -0.497 e.